The van der Waals surface area contributed by atoms with Gasteiger partial charge in [-0.2, -0.15) is 0 Å². The highest BCUT2D eigenvalue weighted by atomic mass is 32.1. The summed E-state index contributed by atoms with van der Waals surface area (Å²) >= 11 is 3.07. The summed E-state index contributed by atoms with van der Waals surface area (Å²) in [4.78, 5) is 20.4. The number of hydrogen-bond donors (Lipinski definition) is 1. The van der Waals surface area contributed by atoms with E-state index in [0.717, 1.165) is 25.9 Å². The Bertz CT molecular complexity index is 701. The van der Waals surface area contributed by atoms with Gasteiger partial charge in [0.15, 0.2) is 5.13 Å². The number of thiophene rings is 1. The van der Waals surface area contributed by atoms with Crippen LogP contribution in [0.1, 0.15) is 33.0 Å². The van der Waals surface area contributed by atoms with Gasteiger partial charge in [-0.05, 0) is 29.9 Å². The highest BCUT2D eigenvalue weighted by molar-refractivity contribution is 7.17. The lowest BCUT2D eigenvalue weighted by Crippen LogP contribution is -2.47. The van der Waals surface area contributed by atoms with E-state index in [-0.39, 0.29) is 11.5 Å². The number of carbonyl (C=O) groups excluding carboxylic acids is 1. The Morgan fingerprint density at radius 3 is 2.95 bits per heavy atom. The molecule has 1 spiro atoms. The topological polar surface area (TPSA) is 68.5 Å². The number of piperidine rings is 1. The van der Waals surface area contributed by atoms with Crippen molar-refractivity contribution in [2.24, 2.45) is 0 Å². The lowest BCUT2D eigenvalue weighted by molar-refractivity contribution is -0.0926. The molecule has 2 N–H and O–H groups in total. The Morgan fingerprint density at radius 1 is 1.41 bits per heavy atom. The van der Waals surface area contributed by atoms with E-state index >= 15 is 0 Å². The van der Waals surface area contributed by atoms with Crippen LogP contribution in [0.25, 0.3) is 0 Å². The van der Waals surface area contributed by atoms with E-state index in [1.165, 1.54) is 21.8 Å². The summed E-state index contributed by atoms with van der Waals surface area (Å²) < 4.78 is 6.17. The van der Waals surface area contributed by atoms with Crippen molar-refractivity contribution < 1.29 is 9.53 Å². The molecule has 0 atom stereocenters. The number of ether oxygens (including phenoxy) is 1. The van der Waals surface area contributed by atoms with E-state index in [9.17, 15) is 4.79 Å². The highest BCUT2D eigenvalue weighted by Crippen LogP contribution is 2.43. The molecule has 1 amide bonds. The maximum Gasteiger partial charge on any atom is 0.265 e. The molecule has 2 aliphatic heterocycles. The summed E-state index contributed by atoms with van der Waals surface area (Å²) in [5, 5.41) is 2.59. The summed E-state index contributed by atoms with van der Waals surface area (Å²) in [6.07, 6.45) is 4.30. The minimum absolute atomic E-state index is 0.0328. The molecular weight excluding hydrogens is 318 g/mol. The van der Waals surface area contributed by atoms with Crippen molar-refractivity contribution in [1.29, 1.82) is 0 Å². The van der Waals surface area contributed by atoms with Crippen LogP contribution in [0.4, 0.5) is 5.13 Å². The van der Waals surface area contributed by atoms with Gasteiger partial charge in [0, 0.05) is 24.4 Å². The normalized spacial score (nSPS) is 20.1. The van der Waals surface area contributed by atoms with Crippen LogP contribution < -0.4 is 5.73 Å². The van der Waals surface area contributed by atoms with Gasteiger partial charge in [-0.25, -0.2) is 4.98 Å². The third-order valence-electron chi connectivity index (χ3n) is 4.54. The van der Waals surface area contributed by atoms with Crippen LogP contribution in [0.5, 0.6) is 0 Å². The molecule has 2 aliphatic rings. The van der Waals surface area contributed by atoms with Crippen molar-refractivity contribution >= 4 is 33.7 Å². The summed E-state index contributed by atoms with van der Waals surface area (Å²) in [5.41, 5.74) is 6.78. The minimum atomic E-state index is -0.183. The molecular formula is C15H17N3O2S2. The van der Waals surface area contributed by atoms with Crippen molar-refractivity contribution in [3.63, 3.8) is 0 Å². The molecule has 0 aliphatic carbocycles. The van der Waals surface area contributed by atoms with Gasteiger partial charge < -0.3 is 15.4 Å². The molecule has 0 saturated carbocycles. The van der Waals surface area contributed by atoms with Crippen LogP contribution >= 0.6 is 22.7 Å². The van der Waals surface area contributed by atoms with Crippen LogP contribution in [-0.4, -0.2) is 35.5 Å². The number of anilines is 1. The van der Waals surface area contributed by atoms with E-state index < -0.39 is 0 Å². The standard InChI is InChI=1S/C15H17N3O2S2/c16-14-17-9-12(22-14)13(19)18-5-3-15(4-6-18)10-2-8-21-11(10)1-7-20-15/h2,8-9H,1,3-7H2,(H2,16,17). The monoisotopic (exact) mass is 335 g/mol. The zero-order chi connectivity index (χ0) is 15.2. The van der Waals surface area contributed by atoms with Gasteiger partial charge in [0.2, 0.25) is 0 Å². The predicted octanol–water partition coefficient (Wildman–Crippen LogP) is 2.49. The predicted molar refractivity (Wildman–Crippen MR) is 87.3 cm³/mol. The number of carbonyl (C=O) groups is 1. The molecule has 22 heavy (non-hydrogen) atoms. The lowest BCUT2D eigenvalue weighted by Gasteiger charge is -2.44. The number of aromatic nitrogens is 1. The maximum absolute atomic E-state index is 12.5. The molecule has 0 radical (unpaired) electrons. The Morgan fingerprint density at radius 2 is 2.23 bits per heavy atom. The van der Waals surface area contributed by atoms with Crippen LogP contribution in [0, 0.1) is 0 Å². The number of nitrogen functional groups attached to an aromatic ring is 1. The summed E-state index contributed by atoms with van der Waals surface area (Å²) in [6.45, 7) is 2.21. The van der Waals surface area contributed by atoms with Gasteiger partial charge >= 0.3 is 0 Å². The van der Waals surface area contributed by atoms with Gasteiger partial charge in [-0.3, -0.25) is 4.79 Å². The van der Waals surface area contributed by atoms with Crippen molar-refractivity contribution in [1.82, 2.24) is 9.88 Å². The molecule has 2 aromatic heterocycles. The number of likely N-dealkylation sites (tertiary alicyclic amines) is 1. The molecule has 4 heterocycles. The Labute approximate surface area is 136 Å². The SMILES string of the molecule is Nc1ncc(C(=O)N2CCC3(CC2)OCCc2sccc23)s1. The summed E-state index contributed by atoms with van der Waals surface area (Å²) in [6, 6.07) is 2.19. The first-order valence-electron chi connectivity index (χ1n) is 7.39. The Hall–Kier alpha value is -1.44. The fourth-order valence-corrected chi connectivity index (χ4v) is 4.99. The van der Waals surface area contributed by atoms with E-state index in [2.05, 4.69) is 16.4 Å². The third kappa shape index (κ3) is 2.24. The molecule has 0 aromatic carbocycles. The van der Waals surface area contributed by atoms with Gasteiger partial charge in [-0.1, -0.05) is 11.3 Å². The minimum Gasteiger partial charge on any atom is -0.375 e. The second kappa shape index (κ2) is 5.33. The fraction of sp³-hybridized carbons (Fsp3) is 0.467. The average Bonchev–Trinajstić information content (AvgIpc) is 3.17. The molecule has 116 valence electrons. The van der Waals surface area contributed by atoms with E-state index in [0.29, 0.717) is 23.1 Å². The molecule has 1 fully saturated rings. The van der Waals surface area contributed by atoms with E-state index in [1.807, 2.05) is 16.2 Å². The third-order valence-corrected chi connectivity index (χ3v) is 6.33. The number of fused-ring (bicyclic) bond motifs is 2. The molecule has 5 nitrogen and oxygen atoms in total. The van der Waals surface area contributed by atoms with Gasteiger partial charge in [0.05, 0.1) is 18.4 Å². The number of rotatable bonds is 1. The first-order valence-corrected chi connectivity index (χ1v) is 9.09. The number of amides is 1. The van der Waals surface area contributed by atoms with Crippen molar-refractivity contribution in [3.8, 4) is 0 Å². The molecule has 0 bridgehead atoms. The number of nitrogens with zero attached hydrogens (tertiary/aromatic N) is 2. The van der Waals surface area contributed by atoms with Gasteiger partial charge in [-0.15, -0.1) is 11.3 Å². The van der Waals surface area contributed by atoms with Crippen LogP contribution in [0.15, 0.2) is 17.6 Å². The van der Waals surface area contributed by atoms with Crippen LogP contribution in [0.2, 0.25) is 0 Å². The lowest BCUT2D eigenvalue weighted by atomic mass is 9.82. The van der Waals surface area contributed by atoms with Gasteiger partial charge in [0.1, 0.15) is 4.88 Å². The average molecular weight is 335 g/mol. The molecule has 1 saturated heterocycles. The zero-order valence-corrected chi connectivity index (χ0v) is 13.7. The molecule has 4 rings (SSSR count). The largest absolute Gasteiger partial charge is 0.375 e. The van der Waals surface area contributed by atoms with E-state index in [4.69, 9.17) is 10.5 Å². The van der Waals surface area contributed by atoms with Crippen molar-refractivity contribution in [3.05, 3.63) is 33.0 Å². The molecule has 0 unspecified atom stereocenters. The summed E-state index contributed by atoms with van der Waals surface area (Å²) in [7, 11) is 0. The second-order valence-electron chi connectivity index (χ2n) is 5.71. The summed E-state index contributed by atoms with van der Waals surface area (Å²) in [5.74, 6) is 0.0328. The van der Waals surface area contributed by atoms with Crippen molar-refractivity contribution in [2.45, 2.75) is 24.9 Å². The van der Waals surface area contributed by atoms with Crippen LogP contribution in [-0.2, 0) is 16.8 Å². The Balaban J connectivity index is 1.51. The zero-order valence-electron chi connectivity index (χ0n) is 12.1. The Kier molecular flexibility index (Phi) is 3.43. The quantitative estimate of drug-likeness (QED) is 0.869. The first-order chi connectivity index (χ1) is 10.7. The van der Waals surface area contributed by atoms with E-state index in [1.54, 1.807) is 6.20 Å². The van der Waals surface area contributed by atoms with Crippen LogP contribution in [0.3, 0.4) is 0 Å². The number of thiazole rings is 1. The number of hydrogen-bond acceptors (Lipinski definition) is 6. The number of nitrogens with two attached hydrogens (primary N) is 1. The molecule has 7 heteroatoms. The second-order valence-corrected chi connectivity index (χ2v) is 7.77. The first kappa shape index (κ1) is 14.2. The smallest absolute Gasteiger partial charge is 0.265 e. The van der Waals surface area contributed by atoms with Gasteiger partial charge in [0.25, 0.3) is 5.91 Å². The fourth-order valence-electron chi connectivity index (χ4n) is 3.38. The maximum atomic E-state index is 12.5. The molecule has 2 aromatic rings. The highest BCUT2D eigenvalue weighted by Gasteiger charge is 2.42. The van der Waals surface area contributed by atoms with Crippen molar-refractivity contribution in [2.75, 3.05) is 25.4 Å².